The molecule has 1 heterocycles. The van der Waals surface area contributed by atoms with Gasteiger partial charge in [0.1, 0.15) is 6.61 Å². The quantitative estimate of drug-likeness (QED) is 0.849. The first kappa shape index (κ1) is 17.9. The van der Waals surface area contributed by atoms with E-state index in [0.29, 0.717) is 37.4 Å². The van der Waals surface area contributed by atoms with Crippen molar-refractivity contribution < 1.29 is 19.1 Å². The maximum atomic E-state index is 12.4. The Morgan fingerprint density at radius 2 is 1.67 bits per heavy atom. The highest BCUT2D eigenvalue weighted by atomic mass is 16.5. The molecule has 1 aliphatic rings. The Kier molecular flexibility index (Phi) is 6.31. The minimum atomic E-state index is -0.202. The van der Waals surface area contributed by atoms with E-state index in [1.165, 1.54) is 14.0 Å². The third kappa shape index (κ3) is 4.79. The van der Waals surface area contributed by atoms with Crippen molar-refractivity contribution in [2.75, 3.05) is 45.2 Å². The van der Waals surface area contributed by atoms with Gasteiger partial charge < -0.3 is 19.9 Å². The topological polar surface area (TPSA) is 79.0 Å². The van der Waals surface area contributed by atoms with Gasteiger partial charge in [-0.15, -0.1) is 0 Å². The first-order chi connectivity index (χ1) is 11.5. The average molecular weight is 333 g/mol. The van der Waals surface area contributed by atoms with Crippen LogP contribution in [0.15, 0.2) is 24.3 Å². The number of hydrogen-bond donors (Lipinski definition) is 1. The lowest BCUT2D eigenvalue weighted by Gasteiger charge is -2.22. The van der Waals surface area contributed by atoms with Crippen LogP contribution in [0.25, 0.3) is 0 Å². The molecule has 1 fully saturated rings. The second-order valence-electron chi connectivity index (χ2n) is 5.72. The lowest BCUT2D eigenvalue weighted by molar-refractivity contribution is -0.135. The molecule has 0 bridgehead atoms. The number of urea groups is 1. The number of hydrogen-bond acceptors (Lipinski definition) is 4. The molecule has 3 amide bonds. The summed E-state index contributed by atoms with van der Waals surface area (Å²) in [6.07, 6.45) is 0.728. The number of Topliss-reactive ketones (excluding diaryl/α,β-unsaturated/α-hetero) is 1. The van der Waals surface area contributed by atoms with E-state index in [-0.39, 0.29) is 24.3 Å². The minimum Gasteiger partial charge on any atom is -0.375 e. The zero-order chi connectivity index (χ0) is 17.5. The Morgan fingerprint density at radius 3 is 2.29 bits per heavy atom. The molecule has 0 aliphatic carbocycles. The lowest BCUT2D eigenvalue weighted by Crippen LogP contribution is -2.40. The molecular formula is C17H23N3O4. The largest absolute Gasteiger partial charge is 0.375 e. The highest BCUT2D eigenvalue weighted by Gasteiger charge is 2.21. The number of nitrogens with zero attached hydrogens (tertiary/aromatic N) is 2. The zero-order valence-corrected chi connectivity index (χ0v) is 14.1. The standard InChI is InChI=1S/C17H23N3O4/c1-13(21)14-4-6-15(7-5-14)18-17(23)20-9-3-8-19(10-11-20)16(22)12-24-2/h4-7H,3,8-12H2,1-2H3,(H,18,23). The summed E-state index contributed by atoms with van der Waals surface area (Å²) in [7, 11) is 1.49. The first-order valence-electron chi connectivity index (χ1n) is 7.95. The third-order valence-corrected chi connectivity index (χ3v) is 3.95. The van der Waals surface area contributed by atoms with Gasteiger partial charge in [0.25, 0.3) is 0 Å². The number of ketones is 1. The number of ether oxygens (including phenoxy) is 1. The third-order valence-electron chi connectivity index (χ3n) is 3.95. The van der Waals surface area contributed by atoms with E-state index in [0.717, 1.165) is 6.42 Å². The molecule has 7 nitrogen and oxygen atoms in total. The van der Waals surface area contributed by atoms with Gasteiger partial charge in [-0.3, -0.25) is 9.59 Å². The molecule has 0 aromatic heterocycles. The SMILES string of the molecule is COCC(=O)N1CCCN(C(=O)Nc2ccc(C(C)=O)cc2)CC1. The Bertz CT molecular complexity index is 600. The van der Waals surface area contributed by atoms with Crippen LogP contribution in [0.2, 0.25) is 0 Å². The van der Waals surface area contributed by atoms with Gasteiger partial charge in [0.05, 0.1) is 0 Å². The zero-order valence-electron chi connectivity index (χ0n) is 14.1. The number of carbonyl (C=O) groups is 3. The molecule has 0 atom stereocenters. The van der Waals surface area contributed by atoms with E-state index < -0.39 is 0 Å². The van der Waals surface area contributed by atoms with Gasteiger partial charge in [0.2, 0.25) is 5.91 Å². The fourth-order valence-electron chi connectivity index (χ4n) is 2.58. The fraction of sp³-hybridized carbons (Fsp3) is 0.471. The average Bonchev–Trinajstić information content (AvgIpc) is 2.81. The van der Waals surface area contributed by atoms with Gasteiger partial charge in [-0.25, -0.2) is 4.79 Å². The van der Waals surface area contributed by atoms with Crippen LogP contribution < -0.4 is 5.32 Å². The van der Waals surface area contributed by atoms with Gasteiger partial charge in [-0.1, -0.05) is 0 Å². The van der Waals surface area contributed by atoms with E-state index in [2.05, 4.69) is 5.32 Å². The molecule has 0 saturated carbocycles. The van der Waals surface area contributed by atoms with Gasteiger partial charge in [0, 0.05) is 44.5 Å². The molecule has 1 aliphatic heterocycles. The molecule has 1 aromatic carbocycles. The van der Waals surface area contributed by atoms with E-state index >= 15 is 0 Å². The molecule has 1 N–H and O–H groups in total. The predicted octanol–water partition coefficient (Wildman–Crippen LogP) is 1.60. The summed E-state index contributed by atoms with van der Waals surface area (Å²) in [4.78, 5) is 38.9. The molecule has 1 aromatic rings. The number of carbonyl (C=O) groups excluding carboxylic acids is 3. The van der Waals surface area contributed by atoms with Crippen molar-refractivity contribution in [1.82, 2.24) is 9.80 Å². The molecule has 0 spiro atoms. The van der Waals surface area contributed by atoms with Crippen molar-refractivity contribution in [3.8, 4) is 0 Å². The lowest BCUT2D eigenvalue weighted by atomic mass is 10.1. The normalized spacial score (nSPS) is 14.9. The van der Waals surface area contributed by atoms with Crippen LogP contribution in [-0.2, 0) is 9.53 Å². The first-order valence-corrected chi connectivity index (χ1v) is 7.95. The second-order valence-corrected chi connectivity index (χ2v) is 5.72. The van der Waals surface area contributed by atoms with Crippen LogP contribution in [0, 0.1) is 0 Å². The van der Waals surface area contributed by atoms with Crippen LogP contribution in [0.4, 0.5) is 10.5 Å². The summed E-state index contributed by atoms with van der Waals surface area (Å²) in [6, 6.07) is 6.59. The number of methoxy groups -OCH3 is 1. The highest BCUT2D eigenvalue weighted by molar-refractivity contribution is 5.95. The fourth-order valence-corrected chi connectivity index (χ4v) is 2.58. The number of anilines is 1. The summed E-state index contributed by atoms with van der Waals surface area (Å²) in [5.41, 5.74) is 1.25. The predicted molar refractivity (Wildman–Crippen MR) is 90.1 cm³/mol. The molecule has 24 heavy (non-hydrogen) atoms. The van der Waals surface area contributed by atoms with Crippen molar-refractivity contribution in [2.45, 2.75) is 13.3 Å². The smallest absolute Gasteiger partial charge is 0.321 e. The summed E-state index contributed by atoms with van der Waals surface area (Å²) in [5, 5.41) is 2.82. The maximum Gasteiger partial charge on any atom is 0.321 e. The minimum absolute atomic E-state index is 0.0128. The van der Waals surface area contributed by atoms with Crippen LogP contribution in [-0.4, -0.2) is 67.4 Å². The molecule has 130 valence electrons. The van der Waals surface area contributed by atoms with Gasteiger partial charge >= 0.3 is 6.03 Å². The Labute approximate surface area is 141 Å². The van der Waals surface area contributed by atoms with E-state index in [1.807, 2.05) is 0 Å². The molecule has 7 heteroatoms. The monoisotopic (exact) mass is 333 g/mol. The van der Waals surface area contributed by atoms with Crippen LogP contribution in [0.3, 0.4) is 0 Å². The van der Waals surface area contributed by atoms with Crippen molar-refractivity contribution in [3.63, 3.8) is 0 Å². The van der Waals surface area contributed by atoms with E-state index in [4.69, 9.17) is 4.74 Å². The van der Waals surface area contributed by atoms with Crippen molar-refractivity contribution >= 4 is 23.4 Å². The van der Waals surface area contributed by atoms with Gasteiger partial charge in [-0.05, 0) is 37.6 Å². The van der Waals surface area contributed by atoms with Crippen molar-refractivity contribution in [3.05, 3.63) is 29.8 Å². The molecular weight excluding hydrogens is 310 g/mol. The summed E-state index contributed by atoms with van der Waals surface area (Å²) >= 11 is 0. The summed E-state index contributed by atoms with van der Waals surface area (Å²) in [5.74, 6) is -0.0687. The number of rotatable bonds is 4. The molecule has 0 unspecified atom stereocenters. The molecule has 0 radical (unpaired) electrons. The Morgan fingerprint density at radius 1 is 1.04 bits per heavy atom. The number of amides is 3. The molecule has 2 rings (SSSR count). The number of nitrogens with one attached hydrogen (secondary N) is 1. The van der Waals surface area contributed by atoms with E-state index in [1.54, 1.807) is 34.1 Å². The van der Waals surface area contributed by atoms with Crippen LogP contribution >= 0.6 is 0 Å². The van der Waals surface area contributed by atoms with Crippen LogP contribution in [0.5, 0.6) is 0 Å². The summed E-state index contributed by atoms with van der Waals surface area (Å²) in [6.45, 7) is 3.76. The Balaban J connectivity index is 1.90. The molecule has 1 saturated heterocycles. The van der Waals surface area contributed by atoms with Gasteiger partial charge in [-0.2, -0.15) is 0 Å². The van der Waals surface area contributed by atoms with Crippen LogP contribution in [0.1, 0.15) is 23.7 Å². The summed E-state index contributed by atoms with van der Waals surface area (Å²) < 4.78 is 4.87. The second kappa shape index (κ2) is 8.44. The Hall–Kier alpha value is -2.41. The highest BCUT2D eigenvalue weighted by Crippen LogP contribution is 2.12. The van der Waals surface area contributed by atoms with Gasteiger partial charge in [0.15, 0.2) is 5.78 Å². The maximum absolute atomic E-state index is 12.4. The van der Waals surface area contributed by atoms with Crippen molar-refractivity contribution in [1.29, 1.82) is 0 Å². The van der Waals surface area contributed by atoms with Crippen molar-refractivity contribution in [2.24, 2.45) is 0 Å². The number of benzene rings is 1. The van der Waals surface area contributed by atoms with E-state index in [9.17, 15) is 14.4 Å².